The lowest BCUT2D eigenvalue weighted by atomic mass is 10.00. The van der Waals surface area contributed by atoms with Crippen molar-refractivity contribution in [2.45, 2.75) is 0 Å². The summed E-state index contributed by atoms with van der Waals surface area (Å²) in [6.07, 6.45) is 5.59. The van der Waals surface area contributed by atoms with E-state index in [2.05, 4.69) is 16.0 Å². The monoisotopic (exact) mass is 357 g/mol. The predicted molar refractivity (Wildman–Crippen MR) is 105 cm³/mol. The highest BCUT2D eigenvalue weighted by Crippen LogP contribution is 2.38. The number of halogens is 1. The molecule has 0 bridgehead atoms. The summed E-state index contributed by atoms with van der Waals surface area (Å²) in [6, 6.07) is 14.6. The molecular weight excluding hydrogens is 341 g/mol. The SMILES string of the molecule is Cn1cc(-c2c[nH]c3ccc(-c4ccc(F)cc4)cc23)c2ccnc(O)c21. The smallest absolute Gasteiger partial charge is 0.236 e. The zero-order valence-corrected chi connectivity index (χ0v) is 14.6. The maximum atomic E-state index is 13.2. The second kappa shape index (κ2) is 5.71. The van der Waals surface area contributed by atoms with E-state index >= 15 is 0 Å². The Morgan fingerprint density at radius 2 is 1.74 bits per heavy atom. The van der Waals surface area contributed by atoms with Gasteiger partial charge in [0.15, 0.2) is 0 Å². The van der Waals surface area contributed by atoms with Crippen LogP contribution in [0.15, 0.2) is 67.1 Å². The second-order valence-corrected chi connectivity index (χ2v) is 6.65. The number of hydrogen-bond acceptors (Lipinski definition) is 2. The van der Waals surface area contributed by atoms with Gasteiger partial charge in [-0.15, -0.1) is 0 Å². The number of nitrogens with zero attached hydrogens (tertiary/aromatic N) is 2. The lowest BCUT2D eigenvalue weighted by Crippen LogP contribution is -1.85. The first-order chi connectivity index (χ1) is 13.1. The third-order valence-corrected chi connectivity index (χ3v) is 5.02. The van der Waals surface area contributed by atoms with Gasteiger partial charge in [-0.3, -0.25) is 0 Å². The van der Waals surface area contributed by atoms with Gasteiger partial charge in [-0.1, -0.05) is 18.2 Å². The largest absolute Gasteiger partial charge is 0.492 e. The molecule has 0 fully saturated rings. The Morgan fingerprint density at radius 1 is 0.963 bits per heavy atom. The molecule has 0 aliphatic carbocycles. The first-order valence-corrected chi connectivity index (χ1v) is 8.62. The fraction of sp³-hybridized carbons (Fsp3) is 0.0455. The number of aryl methyl sites for hydroxylation is 1. The lowest BCUT2D eigenvalue weighted by molar-refractivity contribution is 0.457. The molecule has 0 saturated heterocycles. The Balaban J connectivity index is 1.74. The normalized spacial score (nSPS) is 11.5. The molecule has 3 heterocycles. The Bertz CT molecular complexity index is 1300. The summed E-state index contributed by atoms with van der Waals surface area (Å²) in [5.74, 6) is -0.223. The van der Waals surface area contributed by atoms with E-state index in [0.29, 0.717) is 5.52 Å². The molecule has 5 aromatic rings. The van der Waals surface area contributed by atoms with E-state index in [1.54, 1.807) is 18.3 Å². The molecule has 0 spiro atoms. The van der Waals surface area contributed by atoms with E-state index in [0.717, 1.165) is 38.5 Å². The molecule has 5 heteroatoms. The molecule has 4 nitrogen and oxygen atoms in total. The zero-order chi connectivity index (χ0) is 18.5. The van der Waals surface area contributed by atoms with Crippen molar-refractivity contribution in [1.29, 1.82) is 0 Å². The fourth-order valence-electron chi connectivity index (χ4n) is 3.72. The lowest BCUT2D eigenvalue weighted by Gasteiger charge is -2.04. The number of rotatable bonds is 2. The summed E-state index contributed by atoms with van der Waals surface area (Å²) < 4.78 is 15.1. The van der Waals surface area contributed by atoms with Gasteiger partial charge in [0.05, 0.1) is 0 Å². The minimum atomic E-state index is -0.244. The predicted octanol–water partition coefficient (Wildman–Crippen LogP) is 5.23. The number of nitrogens with one attached hydrogen (secondary N) is 1. The van der Waals surface area contributed by atoms with Crippen molar-refractivity contribution in [1.82, 2.24) is 14.5 Å². The van der Waals surface area contributed by atoms with E-state index in [1.165, 1.54) is 12.1 Å². The Hall–Kier alpha value is -3.60. The average molecular weight is 357 g/mol. The molecule has 2 aromatic carbocycles. The first kappa shape index (κ1) is 15.6. The third kappa shape index (κ3) is 2.39. The van der Waals surface area contributed by atoms with Gasteiger partial charge in [0.1, 0.15) is 11.3 Å². The molecule has 0 unspecified atom stereocenters. The van der Waals surface area contributed by atoms with E-state index in [9.17, 15) is 9.50 Å². The highest BCUT2D eigenvalue weighted by atomic mass is 19.1. The van der Waals surface area contributed by atoms with Crippen molar-refractivity contribution < 1.29 is 9.50 Å². The van der Waals surface area contributed by atoms with Crippen LogP contribution in [0.4, 0.5) is 4.39 Å². The molecule has 0 amide bonds. The zero-order valence-electron chi connectivity index (χ0n) is 14.6. The van der Waals surface area contributed by atoms with Crippen molar-refractivity contribution >= 4 is 21.8 Å². The number of benzene rings is 2. The van der Waals surface area contributed by atoms with Crippen LogP contribution in [0, 0.1) is 5.82 Å². The molecule has 0 aliphatic rings. The third-order valence-electron chi connectivity index (χ3n) is 5.02. The van der Waals surface area contributed by atoms with Crippen LogP contribution < -0.4 is 0 Å². The van der Waals surface area contributed by atoms with Gasteiger partial charge in [-0.05, 0) is 41.5 Å². The molecule has 27 heavy (non-hydrogen) atoms. The van der Waals surface area contributed by atoms with E-state index in [1.807, 2.05) is 42.2 Å². The number of hydrogen-bond donors (Lipinski definition) is 2. The molecule has 2 N–H and O–H groups in total. The highest BCUT2D eigenvalue weighted by molar-refractivity contribution is 6.06. The minimum absolute atomic E-state index is 0.0214. The quantitative estimate of drug-likeness (QED) is 0.454. The number of aromatic amines is 1. The van der Waals surface area contributed by atoms with Gasteiger partial charge in [-0.2, -0.15) is 0 Å². The van der Waals surface area contributed by atoms with Crippen molar-refractivity contribution in [2.24, 2.45) is 7.05 Å². The van der Waals surface area contributed by atoms with Crippen molar-refractivity contribution in [2.75, 3.05) is 0 Å². The van der Waals surface area contributed by atoms with E-state index < -0.39 is 0 Å². The summed E-state index contributed by atoms with van der Waals surface area (Å²) in [5.41, 5.74) is 5.78. The van der Waals surface area contributed by atoms with E-state index in [4.69, 9.17) is 0 Å². The van der Waals surface area contributed by atoms with Crippen LogP contribution in [0.2, 0.25) is 0 Å². The maximum Gasteiger partial charge on any atom is 0.236 e. The van der Waals surface area contributed by atoms with Crippen LogP contribution in [0.25, 0.3) is 44.1 Å². The van der Waals surface area contributed by atoms with Gasteiger partial charge >= 0.3 is 0 Å². The maximum absolute atomic E-state index is 13.2. The van der Waals surface area contributed by atoms with Crippen LogP contribution in [0.3, 0.4) is 0 Å². The van der Waals surface area contributed by atoms with Crippen molar-refractivity contribution in [3.8, 4) is 28.1 Å². The van der Waals surface area contributed by atoms with Crippen molar-refractivity contribution in [3.05, 3.63) is 72.9 Å². The van der Waals surface area contributed by atoms with Crippen LogP contribution in [0.5, 0.6) is 5.88 Å². The number of aromatic hydroxyl groups is 1. The first-order valence-electron chi connectivity index (χ1n) is 8.62. The van der Waals surface area contributed by atoms with Crippen LogP contribution in [0.1, 0.15) is 0 Å². The van der Waals surface area contributed by atoms with Gasteiger partial charge in [0.2, 0.25) is 5.88 Å². The van der Waals surface area contributed by atoms with Crippen LogP contribution in [-0.2, 0) is 7.05 Å². The number of H-pyrrole nitrogens is 1. The standard InChI is InChI=1S/C22H16FN3O/c1-26-12-19(16-8-9-24-22(27)21(16)26)18-11-25-20-7-4-14(10-17(18)20)13-2-5-15(23)6-3-13/h2-12,25H,1H3,(H,24,27). The number of pyridine rings is 1. The topological polar surface area (TPSA) is 53.8 Å². The fourth-order valence-corrected chi connectivity index (χ4v) is 3.72. The summed E-state index contributed by atoms with van der Waals surface area (Å²) in [4.78, 5) is 7.30. The molecule has 0 atom stereocenters. The second-order valence-electron chi connectivity index (χ2n) is 6.65. The Morgan fingerprint density at radius 3 is 2.56 bits per heavy atom. The average Bonchev–Trinajstić information content (AvgIpc) is 3.23. The van der Waals surface area contributed by atoms with Gasteiger partial charge in [0, 0.05) is 53.1 Å². The summed E-state index contributed by atoms with van der Waals surface area (Å²) in [5, 5.41) is 12.1. The number of aromatic nitrogens is 3. The molecule has 0 aliphatic heterocycles. The van der Waals surface area contributed by atoms with Crippen molar-refractivity contribution in [3.63, 3.8) is 0 Å². The van der Waals surface area contributed by atoms with E-state index in [-0.39, 0.29) is 11.7 Å². The molecule has 3 aromatic heterocycles. The molecule has 132 valence electrons. The Labute approximate surface area is 154 Å². The van der Waals surface area contributed by atoms with Gasteiger partial charge in [-0.25, -0.2) is 9.37 Å². The molecule has 5 rings (SSSR count). The minimum Gasteiger partial charge on any atom is -0.492 e. The summed E-state index contributed by atoms with van der Waals surface area (Å²) >= 11 is 0. The molecular formula is C22H16FN3O. The van der Waals surface area contributed by atoms with Gasteiger partial charge < -0.3 is 14.7 Å². The highest BCUT2D eigenvalue weighted by Gasteiger charge is 2.16. The molecule has 0 saturated carbocycles. The Kier molecular flexibility index (Phi) is 3.31. The van der Waals surface area contributed by atoms with Crippen LogP contribution >= 0.6 is 0 Å². The summed E-state index contributed by atoms with van der Waals surface area (Å²) in [7, 11) is 1.89. The molecule has 0 radical (unpaired) electrons. The van der Waals surface area contributed by atoms with Gasteiger partial charge in [0.25, 0.3) is 0 Å². The number of fused-ring (bicyclic) bond motifs is 2. The summed E-state index contributed by atoms with van der Waals surface area (Å²) in [6.45, 7) is 0. The van der Waals surface area contributed by atoms with Crippen LogP contribution in [-0.4, -0.2) is 19.6 Å².